The van der Waals surface area contributed by atoms with Gasteiger partial charge in [0.05, 0.1) is 5.39 Å². The summed E-state index contributed by atoms with van der Waals surface area (Å²) in [7, 11) is 0. The number of aromatic hydroxyl groups is 2. The van der Waals surface area contributed by atoms with E-state index in [1.54, 1.807) is 13.8 Å². The molecule has 112 valence electrons. The first-order valence-corrected chi connectivity index (χ1v) is 6.81. The highest BCUT2D eigenvalue weighted by Crippen LogP contribution is 2.38. The Hall–Kier alpha value is -2.30. The summed E-state index contributed by atoms with van der Waals surface area (Å²) >= 11 is 0. The summed E-state index contributed by atoms with van der Waals surface area (Å²) in [4.78, 5) is 24.0. The lowest BCUT2D eigenvalue weighted by Crippen LogP contribution is -2.11. The largest absolute Gasteiger partial charge is 0.507 e. The van der Waals surface area contributed by atoms with Crippen molar-refractivity contribution in [1.82, 2.24) is 0 Å². The Morgan fingerprint density at radius 2 is 1.71 bits per heavy atom. The van der Waals surface area contributed by atoms with Crippen LogP contribution in [0.3, 0.4) is 0 Å². The summed E-state index contributed by atoms with van der Waals surface area (Å²) in [5.74, 6) is -1.37. The Bertz CT molecular complexity index is 768. The monoisotopic (exact) mass is 290 g/mol. The molecule has 2 aromatic rings. The van der Waals surface area contributed by atoms with Gasteiger partial charge in [0.25, 0.3) is 0 Å². The van der Waals surface area contributed by atoms with Crippen LogP contribution in [0.5, 0.6) is 11.5 Å². The second-order valence-electron chi connectivity index (χ2n) is 5.69. The quantitative estimate of drug-likeness (QED) is 0.669. The van der Waals surface area contributed by atoms with Crippen LogP contribution < -0.4 is 5.63 Å². The minimum absolute atomic E-state index is 0.0472. The van der Waals surface area contributed by atoms with Crippen molar-refractivity contribution in [3.05, 3.63) is 33.7 Å². The van der Waals surface area contributed by atoms with Crippen LogP contribution in [-0.2, 0) is 0 Å². The number of hydrogen-bond acceptors (Lipinski definition) is 5. The maximum atomic E-state index is 12.3. The van der Waals surface area contributed by atoms with Gasteiger partial charge in [-0.25, -0.2) is 4.79 Å². The second kappa shape index (κ2) is 5.24. The summed E-state index contributed by atoms with van der Waals surface area (Å²) in [5, 5.41) is 20.4. The highest BCUT2D eigenvalue weighted by molar-refractivity contribution is 6.11. The minimum atomic E-state index is -0.617. The van der Waals surface area contributed by atoms with E-state index in [4.69, 9.17) is 4.42 Å². The number of phenolic OH excluding ortho intramolecular Hbond substituents is 2. The second-order valence-corrected chi connectivity index (χ2v) is 5.69. The summed E-state index contributed by atoms with van der Waals surface area (Å²) < 4.78 is 5.12. The highest BCUT2D eigenvalue weighted by Gasteiger charge is 2.25. The van der Waals surface area contributed by atoms with E-state index in [9.17, 15) is 19.8 Å². The summed E-state index contributed by atoms with van der Waals surface area (Å²) in [6, 6.07) is 2.41. The fourth-order valence-electron chi connectivity index (χ4n) is 2.32. The van der Waals surface area contributed by atoms with E-state index >= 15 is 0 Å². The van der Waals surface area contributed by atoms with Gasteiger partial charge in [-0.2, -0.15) is 0 Å². The van der Waals surface area contributed by atoms with Gasteiger partial charge in [0, 0.05) is 18.1 Å². The van der Waals surface area contributed by atoms with Crippen LogP contribution in [0, 0.1) is 5.92 Å². The van der Waals surface area contributed by atoms with E-state index in [-0.39, 0.29) is 40.3 Å². The standard InChI is InChI=1S/C16H18O5/c1-7(2)9-5-12(19)21-16-13(9)10(17)6-11(18)14(16)15(20)8(3)4/h5-8,17-18H,1-4H3. The van der Waals surface area contributed by atoms with E-state index in [0.717, 1.165) is 6.07 Å². The average Bonchev–Trinajstić information content (AvgIpc) is 2.36. The Labute approximate surface area is 121 Å². The molecule has 0 atom stereocenters. The molecule has 0 amide bonds. The number of Topliss-reactive ketones (excluding diaryl/α,β-unsaturated/α-hetero) is 1. The predicted molar refractivity (Wildman–Crippen MR) is 79.1 cm³/mol. The highest BCUT2D eigenvalue weighted by atomic mass is 16.4. The van der Waals surface area contributed by atoms with Crippen molar-refractivity contribution in [2.24, 2.45) is 5.92 Å². The molecular weight excluding hydrogens is 272 g/mol. The number of ketones is 1. The van der Waals surface area contributed by atoms with Crippen molar-refractivity contribution in [2.75, 3.05) is 0 Å². The number of rotatable bonds is 3. The number of benzene rings is 1. The smallest absolute Gasteiger partial charge is 0.336 e. The van der Waals surface area contributed by atoms with Crippen LogP contribution in [0.4, 0.5) is 0 Å². The topological polar surface area (TPSA) is 87.7 Å². The molecule has 0 radical (unpaired) electrons. The van der Waals surface area contributed by atoms with Crippen LogP contribution in [0.15, 0.2) is 21.3 Å². The van der Waals surface area contributed by atoms with Crippen molar-refractivity contribution < 1.29 is 19.4 Å². The maximum Gasteiger partial charge on any atom is 0.336 e. The molecule has 5 nitrogen and oxygen atoms in total. The molecular formula is C16H18O5. The molecule has 2 rings (SSSR count). The first-order valence-electron chi connectivity index (χ1n) is 6.81. The predicted octanol–water partition coefficient (Wildman–Crippen LogP) is 3.17. The normalized spacial score (nSPS) is 11.5. The zero-order valence-electron chi connectivity index (χ0n) is 12.4. The third-order valence-electron chi connectivity index (χ3n) is 3.40. The van der Waals surface area contributed by atoms with E-state index in [1.165, 1.54) is 6.07 Å². The van der Waals surface area contributed by atoms with Gasteiger partial charge in [-0.15, -0.1) is 0 Å². The molecule has 0 aliphatic rings. The van der Waals surface area contributed by atoms with Gasteiger partial charge in [-0.1, -0.05) is 27.7 Å². The number of carbonyl (C=O) groups excluding carboxylic acids is 1. The molecule has 0 saturated carbocycles. The van der Waals surface area contributed by atoms with Crippen molar-refractivity contribution in [3.8, 4) is 11.5 Å². The van der Waals surface area contributed by atoms with Gasteiger partial charge in [-0.3, -0.25) is 4.79 Å². The van der Waals surface area contributed by atoms with Crippen molar-refractivity contribution in [1.29, 1.82) is 0 Å². The van der Waals surface area contributed by atoms with Gasteiger partial charge in [0.2, 0.25) is 0 Å². The maximum absolute atomic E-state index is 12.3. The molecule has 1 aromatic heterocycles. The number of phenols is 2. The van der Waals surface area contributed by atoms with Crippen molar-refractivity contribution >= 4 is 16.8 Å². The SMILES string of the molecule is CC(C)C(=O)c1c(O)cc(O)c2c(C(C)C)cc(=O)oc12. The Morgan fingerprint density at radius 3 is 2.24 bits per heavy atom. The van der Waals surface area contributed by atoms with Gasteiger partial charge in [0.15, 0.2) is 11.4 Å². The lowest BCUT2D eigenvalue weighted by atomic mass is 9.93. The number of carbonyl (C=O) groups is 1. The molecule has 0 saturated heterocycles. The lowest BCUT2D eigenvalue weighted by Gasteiger charge is -2.14. The average molecular weight is 290 g/mol. The molecule has 21 heavy (non-hydrogen) atoms. The molecule has 1 aromatic carbocycles. The number of fused-ring (bicyclic) bond motifs is 1. The summed E-state index contributed by atoms with van der Waals surface area (Å²) in [5.41, 5.74) is -0.148. The Kier molecular flexibility index (Phi) is 3.77. The molecule has 0 bridgehead atoms. The third-order valence-corrected chi connectivity index (χ3v) is 3.40. The molecule has 5 heteroatoms. The van der Waals surface area contributed by atoms with E-state index in [2.05, 4.69) is 0 Å². The molecule has 0 fully saturated rings. The van der Waals surface area contributed by atoms with Gasteiger partial charge in [-0.05, 0) is 11.5 Å². The summed E-state index contributed by atoms with van der Waals surface area (Å²) in [6.45, 7) is 7.10. The van der Waals surface area contributed by atoms with Gasteiger partial charge >= 0.3 is 5.63 Å². The van der Waals surface area contributed by atoms with Crippen molar-refractivity contribution in [3.63, 3.8) is 0 Å². The molecule has 0 aliphatic heterocycles. The van der Waals surface area contributed by atoms with Crippen LogP contribution in [0.1, 0.15) is 49.5 Å². The zero-order chi connectivity index (χ0) is 15.9. The van der Waals surface area contributed by atoms with Crippen LogP contribution in [0.25, 0.3) is 11.0 Å². The first-order chi connectivity index (χ1) is 9.73. The van der Waals surface area contributed by atoms with Crippen LogP contribution >= 0.6 is 0 Å². The van der Waals surface area contributed by atoms with E-state index in [0.29, 0.717) is 10.9 Å². The molecule has 0 unspecified atom stereocenters. The Morgan fingerprint density at radius 1 is 1.10 bits per heavy atom. The third kappa shape index (κ3) is 2.51. The van der Waals surface area contributed by atoms with Crippen LogP contribution in [0.2, 0.25) is 0 Å². The van der Waals surface area contributed by atoms with Gasteiger partial charge in [0.1, 0.15) is 17.1 Å². The molecule has 1 heterocycles. The Balaban J connectivity index is 3.01. The van der Waals surface area contributed by atoms with E-state index in [1.807, 2.05) is 13.8 Å². The summed E-state index contributed by atoms with van der Waals surface area (Å²) in [6.07, 6.45) is 0. The first kappa shape index (κ1) is 15.1. The minimum Gasteiger partial charge on any atom is -0.507 e. The fourth-order valence-corrected chi connectivity index (χ4v) is 2.32. The molecule has 2 N–H and O–H groups in total. The molecule has 0 aliphatic carbocycles. The zero-order valence-corrected chi connectivity index (χ0v) is 12.4. The number of hydrogen-bond donors (Lipinski definition) is 2. The van der Waals surface area contributed by atoms with Crippen LogP contribution in [-0.4, -0.2) is 16.0 Å². The lowest BCUT2D eigenvalue weighted by molar-refractivity contribution is 0.0937. The molecule has 0 spiro atoms. The van der Waals surface area contributed by atoms with Gasteiger partial charge < -0.3 is 14.6 Å². The fraction of sp³-hybridized carbons (Fsp3) is 0.375. The van der Waals surface area contributed by atoms with E-state index < -0.39 is 5.63 Å². The van der Waals surface area contributed by atoms with Crippen molar-refractivity contribution in [2.45, 2.75) is 33.6 Å².